The lowest BCUT2D eigenvalue weighted by Gasteiger charge is -2.17. The third kappa shape index (κ3) is 3.51. The molecule has 2 atom stereocenters. The van der Waals surface area contributed by atoms with Gasteiger partial charge >= 0.3 is 0 Å². The zero-order valence-corrected chi connectivity index (χ0v) is 10.0. The summed E-state index contributed by atoms with van der Waals surface area (Å²) in [7, 11) is 0. The molecular weight excluding hydrogens is 202 g/mol. The van der Waals surface area contributed by atoms with Crippen molar-refractivity contribution in [1.82, 2.24) is 0 Å². The Morgan fingerprint density at radius 2 is 2.06 bits per heavy atom. The fourth-order valence-corrected chi connectivity index (χ4v) is 1.49. The van der Waals surface area contributed by atoms with Crippen molar-refractivity contribution < 1.29 is 9.84 Å². The summed E-state index contributed by atoms with van der Waals surface area (Å²) in [5.41, 5.74) is 6.52. The van der Waals surface area contributed by atoms with Crippen molar-refractivity contribution in [3.63, 3.8) is 0 Å². The maximum atomic E-state index is 9.36. The Balaban J connectivity index is 2.71. The molecule has 0 bridgehead atoms. The molecule has 0 aliphatic rings. The Morgan fingerprint density at radius 1 is 1.38 bits per heavy atom. The van der Waals surface area contributed by atoms with E-state index in [-0.39, 0.29) is 13.2 Å². The standard InChI is InChI=1S/C13H21NO2/c1-3-10(2)12-6-4-5-7-13(12)16-9-11(15)8-14/h4-7,10-11,15H,3,8-9,14H2,1-2H3/t10-,11-/m0/s1. The highest BCUT2D eigenvalue weighted by atomic mass is 16.5. The number of hydrogen-bond donors (Lipinski definition) is 2. The van der Waals surface area contributed by atoms with Gasteiger partial charge in [-0.25, -0.2) is 0 Å². The normalized spacial score (nSPS) is 14.5. The summed E-state index contributed by atoms with van der Waals surface area (Å²) in [5.74, 6) is 1.32. The van der Waals surface area contributed by atoms with Crippen LogP contribution in [0.25, 0.3) is 0 Å². The zero-order chi connectivity index (χ0) is 12.0. The van der Waals surface area contributed by atoms with Gasteiger partial charge in [-0.1, -0.05) is 32.0 Å². The van der Waals surface area contributed by atoms with E-state index in [2.05, 4.69) is 19.9 Å². The summed E-state index contributed by atoms with van der Waals surface area (Å²) in [6, 6.07) is 7.95. The minimum absolute atomic E-state index is 0.228. The lowest BCUT2D eigenvalue weighted by molar-refractivity contribution is 0.113. The first-order chi connectivity index (χ1) is 7.69. The molecule has 3 heteroatoms. The summed E-state index contributed by atoms with van der Waals surface area (Å²) in [6.45, 7) is 4.80. The van der Waals surface area contributed by atoms with Crippen molar-refractivity contribution in [1.29, 1.82) is 0 Å². The monoisotopic (exact) mass is 223 g/mol. The minimum Gasteiger partial charge on any atom is -0.491 e. The van der Waals surface area contributed by atoms with E-state index in [1.807, 2.05) is 18.2 Å². The van der Waals surface area contributed by atoms with Crippen molar-refractivity contribution >= 4 is 0 Å². The second-order valence-electron chi connectivity index (χ2n) is 4.05. The second-order valence-corrected chi connectivity index (χ2v) is 4.05. The van der Waals surface area contributed by atoms with Crippen molar-refractivity contribution in [2.24, 2.45) is 5.73 Å². The first-order valence-electron chi connectivity index (χ1n) is 5.78. The number of nitrogens with two attached hydrogens (primary N) is 1. The molecule has 0 saturated carbocycles. The Morgan fingerprint density at radius 3 is 2.69 bits per heavy atom. The Kier molecular flexibility index (Phi) is 5.29. The predicted octanol–water partition coefficient (Wildman–Crippen LogP) is 1.90. The molecule has 0 amide bonds. The molecule has 0 aliphatic carbocycles. The van der Waals surface area contributed by atoms with Crippen LogP contribution in [0, 0.1) is 0 Å². The zero-order valence-electron chi connectivity index (χ0n) is 10.0. The minimum atomic E-state index is -0.593. The van der Waals surface area contributed by atoms with Gasteiger partial charge < -0.3 is 15.6 Å². The van der Waals surface area contributed by atoms with Crippen LogP contribution < -0.4 is 10.5 Å². The maximum absolute atomic E-state index is 9.36. The number of para-hydroxylation sites is 1. The van der Waals surface area contributed by atoms with Crippen LogP contribution in [-0.2, 0) is 0 Å². The van der Waals surface area contributed by atoms with Crippen LogP contribution in [0.3, 0.4) is 0 Å². The molecule has 0 fully saturated rings. The van der Waals surface area contributed by atoms with Gasteiger partial charge in [-0.2, -0.15) is 0 Å². The summed E-state index contributed by atoms with van der Waals surface area (Å²) in [5, 5.41) is 9.36. The molecule has 1 aromatic rings. The van der Waals surface area contributed by atoms with Crippen LogP contribution in [0.5, 0.6) is 5.75 Å². The number of benzene rings is 1. The molecule has 0 radical (unpaired) electrons. The second kappa shape index (κ2) is 6.51. The first kappa shape index (κ1) is 13.0. The summed E-state index contributed by atoms with van der Waals surface area (Å²) in [6.07, 6.45) is 0.477. The molecule has 0 saturated heterocycles. The van der Waals surface area contributed by atoms with E-state index in [9.17, 15) is 5.11 Å². The number of rotatable bonds is 6. The molecule has 16 heavy (non-hydrogen) atoms. The van der Waals surface area contributed by atoms with Crippen LogP contribution in [-0.4, -0.2) is 24.4 Å². The molecule has 3 nitrogen and oxygen atoms in total. The molecule has 0 aliphatic heterocycles. The van der Waals surface area contributed by atoms with Crippen molar-refractivity contribution in [3.05, 3.63) is 29.8 Å². The lowest BCUT2D eigenvalue weighted by Crippen LogP contribution is -2.26. The van der Waals surface area contributed by atoms with E-state index in [4.69, 9.17) is 10.5 Å². The molecule has 90 valence electrons. The molecule has 1 aromatic carbocycles. The van der Waals surface area contributed by atoms with Crippen molar-refractivity contribution in [3.8, 4) is 5.75 Å². The highest BCUT2D eigenvalue weighted by Gasteiger charge is 2.10. The number of aliphatic hydroxyl groups is 1. The van der Waals surface area contributed by atoms with Crippen LogP contribution in [0.1, 0.15) is 31.7 Å². The first-order valence-corrected chi connectivity index (χ1v) is 5.78. The van der Waals surface area contributed by atoms with Crippen LogP contribution in [0.2, 0.25) is 0 Å². The van der Waals surface area contributed by atoms with E-state index < -0.39 is 6.10 Å². The SMILES string of the molecule is CC[C@H](C)c1ccccc1OC[C@@H](O)CN. The average molecular weight is 223 g/mol. The summed E-state index contributed by atoms with van der Waals surface area (Å²) < 4.78 is 5.58. The topological polar surface area (TPSA) is 55.5 Å². The largest absolute Gasteiger partial charge is 0.491 e. The van der Waals surface area contributed by atoms with E-state index in [0.717, 1.165) is 12.2 Å². The highest BCUT2D eigenvalue weighted by molar-refractivity contribution is 5.35. The Labute approximate surface area is 97.2 Å². The fourth-order valence-electron chi connectivity index (χ4n) is 1.49. The van der Waals surface area contributed by atoms with E-state index in [0.29, 0.717) is 5.92 Å². The smallest absolute Gasteiger partial charge is 0.122 e. The number of aliphatic hydroxyl groups excluding tert-OH is 1. The molecule has 1 rings (SSSR count). The van der Waals surface area contributed by atoms with Gasteiger partial charge in [-0.15, -0.1) is 0 Å². The van der Waals surface area contributed by atoms with Gasteiger partial charge in [0.25, 0.3) is 0 Å². The summed E-state index contributed by atoms with van der Waals surface area (Å²) in [4.78, 5) is 0. The van der Waals surface area contributed by atoms with E-state index in [1.54, 1.807) is 0 Å². The lowest BCUT2D eigenvalue weighted by atomic mass is 9.98. The van der Waals surface area contributed by atoms with Gasteiger partial charge in [0.15, 0.2) is 0 Å². The van der Waals surface area contributed by atoms with E-state index >= 15 is 0 Å². The third-order valence-corrected chi connectivity index (χ3v) is 2.77. The molecule has 0 aromatic heterocycles. The van der Waals surface area contributed by atoms with Crippen LogP contribution >= 0.6 is 0 Å². The number of hydrogen-bond acceptors (Lipinski definition) is 3. The van der Waals surface area contributed by atoms with E-state index in [1.165, 1.54) is 5.56 Å². The van der Waals surface area contributed by atoms with Gasteiger partial charge in [0.1, 0.15) is 18.5 Å². The molecule has 0 unspecified atom stereocenters. The van der Waals surface area contributed by atoms with Gasteiger partial charge in [-0.05, 0) is 24.0 Å². The average Bonchev–Trinajstić information content (AvgIpc) is 2.35. The van der Waals surface area contributed by atoms with Crippen molar-refractivity contribution in [2.75, 3.05) is 13.2 Å². The van der Waals surface area contributed by atoms with Gasteiger partial charge in [0.05, 0.1) is 0 Å². The van der Waals surface area contributed by atoms with Crippen LogP contribution in [0.15, 0.2) is 24.3 Å². The van der Waals surface area contributed by atoms with Gasteiger partial charge in [0.2, 0.25) is 0 Å². The quantitative estimate of drug-likeness (QED) is 0.774. The molecular formula is C13H21NO2. The molecule has 3 N–H and O–H groups in total. The summed E-state index contributed by atoms with van der Waals surface area (Å²) >= 11 is 0. The fraction of sp³-hybridized carbons (Fsp3) is 0.538. The van der Waals surface area contributed by atoms with Crippen LogP contribution in [0.4, 0.5) is 0 Å². The third-order valence-electron chi connectivity index (χ3n) is 2.77. The van der Waals surface area contributed by atoms with Gasteiger partial charge in [0, 0.05) is 6.54 Å². The van der Waals surface area contributed by atoms with Gasteiger partial charge in [-0.3, -0.25) is 0 Å². The van der Waals surface area contributed by atoms with Crippen molar-refractivity contribution in [2.45, 2.75) is 32.3 Å². The predicted molar refractivity (Wildman–Crippen MR) is 65.7 cm³/mol. The maximum Gasteiger partial charge on any atom is 0.122 e. The Bertz CT molecular complexity index is 315. The molecule has 0 spiro atoms. The number of ether oxygens (including phenoxy) is 1. The Hall–Kier alpha value is -1.06. The molecule has 0 heterocycles. The highest BCUT2D eigenvalue weighted by Crippen LogP contribution is 2.28.